The number of benzene rings is 2. The number of likely N-dealkylation sites (N-methyl/N-ethyl adjacent to an activating group) is 1. The first kappa shape index (κ1) is 20.0. The van der Waals surface area contributed by atoms with Gasteiger partial charge in [-0.15, -0.1) is 0 Å². The van der Waals surface area contributed by atoms with Gasteiger partial charge in [-0.3, -0.25) is 9.69 Å². The van der Waals surface area contributed by atoms with Gasteiger partial charge in [0, 0.05) is 25.8 Å². The molecular weight excluding hydrogens is 358 g/mol. The second-order valence-corrected chi connectivity index (χ2v) is 8.64. The van der Waals surface area contributed by atoms with Gasteiger partial charge in [0.05, 0.1) is 12.5 Å². The third-order valence-corrected chi connectivity index (χ3v) is 6.39. The van der Waals surface area contributed by atoms with Crippen LogP contribution in [0.2, 0.25) is 0 Å². The summed E-state index contributed by atoms with van der Waals surface area (Å²) in [5.74, 6) is 0.110. The SMILES string of the molecule is Cc1cccc(CC(=O)NC[C@@H](c2ccc3c(c2)CCN3C)N2CCCCC2)c1. The molecule has 0 spiro atoms. The Bertz CT molecular complexity index is 857. The molecule has 4 nitrogen and oxygen atoms in total. The molecule has 1 fully saturated rings. The first-order valence-electron chi connectivity index (χ1n) is 11.0. The van der Waals surface area contributed by atoms with Crippen LogP contribution in [0.4, 0.5) is 5.69 Å². The number of anilines is 1. The fourth-order valence-corrected chi connectivity index (χ4v) is 4.76. The molecule has 0 unspecified atom stereocenters. The molecule has 4 rings (SSSR count). The van der Waals surface area contributed by atoms with Gasteiger partial charge in [-0.1, -0.05) is 48.4 Å². The van der Waals surface area contributed by atoms with Crippen molar-refractivity contribution in [2.24, 2.45) is 0 Å². The van der Waals surface area contributed by atoms with Crippen LogP contribution >= 0.6 is 0 Å². The minimum absolute atomic E-state index is 0.110. The number of nitrogens with one attached hydrogen (secondary N) is 1. The lowest BCUT2D eigenvalue weighted by atomic mass is 9.98. The van der Waals surface area contributed by atoms with Gasteiger partial charge in [-0.2, -0.15) is 0 Å². The van der Waals surface area contributed by atoms with Crippen LogP contribution in [-0.4, -0.2) is 44.0 Å². The second-order valence-electron chi connectivity index (χ2n) is 8.64. The maximum Gasteiger partial charge on any atom is 0.224 e. The van der Waals surface area contributed by atoms with Crippen molar-refractivity contribution in [2.45, 2.75) is 45.1 Å². The van der Waals surface area contributed by atoms with E-state index in [-0.39, 0.29) is 11.9 Å². The van der Waals surface area contributed by atoms with Gasteiger partial charge < -0.3 is 10.2 Å². The molecule has 0 radical (unpaired) electrons. The number of nitrogens with zero attached hydrogens (tertiary/aromatic N) is 2. The zero-order valence-electron chi connectivity index (χ0n) is 17.8. The monoisotopic (exact) mass is 391 g/mol. The maximum absolute atomic E-state index is 12.6. The number of hydrogen-bond donors (Lipinski definition) is 1. The highest BCUT2D eigenvalue weighted by atomic mass is 16.1. The van der Waals surface area contributed by atoms with E-state index in [0.717, 1.165) is 31.6 Å². The number of hydrogen-bond acceptors (Lipinski definition) is 3. The van der Waals surface area contributed by atoms with Crippen molar-refractivity contribution in [3.63, 3.8) is 0 Å². The molecule has 4 heteroatoms. The van der Waals surface area contributed by atoms with Gasteiger partial charge in [0.15, 0.2) is 0 Å². The summed E-state index contributed by atoms with van der Waals surface area (Å²) in [6.45, 7) is 6.09. The molecule has 0 saturated carbocycles. The Kier molecular flexibility index (Phi) is 6.19. The highest BCUT2D eigenvalue weighted by Gasteiger charge is 2.25. The average molecular weight is 392 g/mol. The smallest absolute Gasteiger partial charge is 0.224 e. The van der Waals surface area contributed by atoms with Crippen molar-refractivity contribution in [1.82, 2.24) is 10.2 Å². The summed E-state index contributed by atoms with van der Waals surface area (Å²) < 4.78 is 0. The predicted molar refractivity (Wildman–Crippen MR) is 119 cm³/mol. The molecule has 1 N–H and O–H groups in total. The first-order valence-corrected chi connectivity index (χ1v) is 11.0. The third-order valence-electron chi connectivity index (χ3n) is 6.39. The summed E-state index contributed by atoms with van der Waals surface area (Å²) in [4.78, 5) is 17.5. The minimum Gasteiger partial charge on any atom is -0.374 e. The quantitative estimate of drug-likeness (QED) is 0.812. The molecule has 2 aromatic rings. The van der Waals surface area contributed by atoms with Crippen LogP contribution in [-0.2, 0) is 17.6 Å². The normalized spacial score (nSPS) is 17.8. The van der Waals surface area contributed by atoms with Gasteiger partial charge in [-0.05, 0) is 62.0 Å². The van der Waals surface area contributed by atoms with Crippen molar-refractivity contribution in [1.29, 1.82) is 0 Å². The molecule has 1 atom stereocenters. The van der Waals surface area contributed by atoms with E-state index in [2.05, 4.69) is 59.4 Å². The second kappa shape index (κ2) is 9.00. The Morgan fingerprint density at radius 1 is 1.07 bits per heavy atom. The molecular formula is C25H33N3O. The van der Waals surface area contributed by atoms with Gasteiger partial charge in [0.2, 0.25) is 5.91 Å². The van der Waals surface area contributed by atoms with E-state index in [1.165, 1.54) is 41.6 Å². The zero-order valence-corrected chi connectivity index (χ0v) is 17.8. The van der Waals surface area contributed by atoms with Crippen LogP contribution in [0.25, 0.3) is 0 Å². The molecule has 29 heavy (non-hydrogen) atoms. The Hall–Kier alpha value is -2.33. The van der Waals surface area contributed by atoms with Gasteiger partial charge in [0.1, 0.15) is 0 Å². The third kappa shape index (κ3) is 4.81. The summed E-state index contributed by atoms with van der Waals surface area (Å²) in [5.41, 5.74) is 6.42. The van der Waals surface area contributed by atoms with Crippen molar-refractivity contribution in [3.05, 3.63) is 64.7 Å². The molecule has 0 aromatic heterocycles. The van der Waals surface area contributed by atoms with Crippen molar-refractivity contribution < 1.29 is 4.79 Å². The zero-order chi connectivity index (χ0) is 20.2. The van der Waals surface area contributed by atoms with Gasteiger partial charge in [0.25, 0.3) is 0 Å². The number of fused-ring (bicyclic) bond motifs is 1. The summed E-state index contributed by atoms with van der Waals surface area (Å²) in [6, 6.07) is 15.4. The molecule has 2 aliphatic heterocycles. The standard InChI is InChI=1S/C25H33N3O/c1-19-7-6-8-20(15-19)16-25(29)26-18-24(28-12-4-3-5-13-28)21-9-10-23-22(17-21)11-14-27(23)2/h6-10,15,17,24H,3-5,11-14,16,18H2,1-2H3,(H,26,29)/t24-/m0/s1. The van der Waals surface area contributed by atoms with E-state index in [0.29, 0.717) is 13.0 Å². The fourth-order valence-electron chi connectivity index (χ4n) is 4.76. The van der Waals surface area contributed by atoms with Crippen LogP contribution in [0.3, 0.4) is 0 Å². The van der Waals surface area contributed by atoms with Crippen molar-refractivity contribution in [2.75, 3.05) is 38.1 Å². The molecule has 1 saturated heterocycles. The van der Waals surface area contributed by atoms with E-state index in [1.807, 2.05) is 12.1 Å². The Morgan fingerprint density at radius 3 is 2.69 bits per heavy atom. The van der Waals surface area contributed by atoms with E-state index in [9.17, 15) is 4.79 Å². The molecule has 2 aromatic carbocycles. The average Bonchev–Trinajstić information content (AvgIpc) is 3.09. The number of rotatable bonds is 6. The van der Waals surface area contributed by atoms with E-state index >= 15 is 0 Å². The maximum atomic E-state index is 12.6. The van der Waals surface area contributed by atoms with Crippen LogP contribution in [0.1, 0.15) is 47.6 Å². The molecule has 0 aliphatic carbocycles. The number of carbonyl (C=O) groups excluding carboxylic acids is 1. The topological polar surface area (TPSA) is 35.6 Å². The van der Waals surface area contributed by atoms with Crippen LogP contribution in [0.15, 0.2) is 42.5 Å². The lowest BCUT2D eigenvalue weighted by Gasteiger charge is -2.35. The Morgan fingerprint density at radius 2 is 1.90 bits per heavy atom. The van der Waals surface area contributed by atoms with Crippen molar-refractivity contribution >= 4 is 11.6 Å². The molecule has 0 bridgehead atoms. The molecule has 154 valence electrons. The summed E-state index contributed by atoms with van der Waals surface area (Å²) in [7, 11) is 2.17. The number of carbonyl (C=O) groups is 1. The highest BCUT2D eigenvalue weighted by molar-refractivity contribution is 5.78. The number of likely N-dealkylation sites (tertiary alicyclic amines) is 1. The Labute approximate surface area is 174 Å². The lowest BCUT2D eigenvalue weighted by Crippen LogP contribution is -2.41. The first-order chi connectivity index (χ1) is 14.1. The number of piperidine rings is 1. The Balaban J connectivity index is 1.47. The summed E-state index contributed by atoms with van der Waals surface area (Å²) >= 11 is 0. The largest absolute Gasteiger partial charge is 0.374 e. The number of aryl methyl sites for hydroxylation is 1. The molecule has 2 aliphatic rings. The minimum atomic E-state index is 0.110. The van der Waals surface area contributed by atoms with E-state index < -0.39 is 0 Å². The van der Waals surface area contributed by atoms with Gasteiger partial charge >= 0.3 is 0 Å². The van der Waals surface area contributed by atoms with Crippen molar-refractivity contribution in [3.8, 4) is 0 Å². The predicted octanol–water partition coefficient (Wildman–Crippen LogP) is 3.87. The van der Waals surface area contributed by atoms with Crippen LogP contribution in [0.5, 0.6) is 0 Å². The van der Waals surface area contributed by atoms with E-state index in [4.69, 9.17) is 0 Å². The lowest BCUT2D eigenvalue weighted by molar-refractivity contribution is -0.120. The fraction of sp³-hybridized carbons (Fsp3) is 0.480. The molecule has 2 heterocycles. The summed E-state index contributed by atoms with van der Waals surface area (Å²) in [5, 5.41) is 3.23. The number of amides is 1. The van der Waals surface area contributed by atoms with Crippen LogP contribution in [0, 0.1) is 6.92 Å². The van der Waals surface area contributed by atoms with E-state index in [1.54, 1.807) is 0 Å². The van der Waals surface area contributed by atoms with Gasteiger partial charge in [-0.25, -0.2) is 0 Å². The summed E-state index contributed by atoms with van der Waals surface area (Å²) in [6.07, 6.45) is 5.39. The van der Waals surface area contributed by atoms with Crippen LogP contribution < -0.4 is 10.2 Å². The highest BCUT2D eigenvalue weighted by Crippen LogP contribution is 2.32. The molecule has 1 amide bonds.